The van der Waals surface area contributed by atoms with Gasteiger partial charge in [-0.15, -0.1) is 0 Å². The highest BCUT2D eigenvalue weighted by atomic mass is 16.5. The van der Waals surface area contributed by atoms with Crippen LogP contribution in [0.5, 0.6) is 0 Å². The second kappa shape index (κ2) is 7.86. The van der Waals surface area contributed by atoms with Crippen molar-refractivity contribution in [1.29, 1.82) is 5.26 Å². The van der Waals surface area contributed by atoms with Gasteiger partial charge in [0.25, 0.3) is 0 Å². The highest BCUT2D eigenvalue weighted by Gasteiger charge is 2.06. The summed E-state index contributed by atoms with van der Waals surface area (Å²) in [4.78, 5) is 12.8. The van der Waals surface area contributed by atoms with Crippen molar-refractivity contribution in [3.05, 3.63) is 11.8 Å². The molecule has 0 amide bonds. The van der Waals surface area contributed by atoms with Gasteiger partial charge >= 0.3 is 5.97 Å². The molecular formula is C11H18N2O2. The smallest absolute Gasteiger partial charge is 0.325 e. The maximum atomic E-state index is 11.0. The number of rotatable bonds is 6. The topological polar surface area (TPSA) is 53.3 Å². The third-order valence-corrected chi connectivity index (χ3v) is 1.97. The van der Waals surface area contributed by atoms with E-state index in [0.717, 1.165) is 12.8 Å². The summed E-state index contributed by atoms with van der Waals surface area (Å²) in [5.74, 6) is -0.290. The van der Waals surface area contributed by atoms with E-state index < -0.39 is 0 Å². The fourth-order valence-corrected chi connectivity index (χ4v) is 1.12. The van der Waals surface area contributed by atoms with Crippen molar-refractivity contribution in [2.45, 2.75) is 26.7 Å². The molecule has 0 unspecified atom stereocenters. The Morgan fingerprint density at radius 1 is 1.53 bits per heavy atom. The fourth-order valence-electron chi connectivity index (χ4n) is 1.12. The molecule has 0 bridgehead atoms. The molecular weight excluding hydrogens is 192 g/mol. The molecule has 0 heterocycles. The van der Waals surface area contributed by atoms with Crippen LogP contribution in [-0.4, -0.2) is 31.1 Å². The Morgan fingerprint density at radius 3 is 2.60 bits per heavy atom. The van der Waals surface area contributed by atoms with Crippen molar-refractivity contribution in [3.63, 3.8) is 0 Å². The molecule has 0 saturated carbocycles. The van der Waals surface area contributed by atoms with Gasteiger partial charge in [0, 0.05) is 18.3 Å². The third-order valence-electron chi connectivity index (χ3n) is 1.97. The summed E-state index contributed by atoms with van der Waals surface area (Å²) in [6, 6.07) is 2.13. The summed E-state index contributed by atoms with van der Waals surface area (Å²) in [6.07, 6.45) is 3.41. The van der Waals surface area contributed by atoms with Gasteiger partial charge < -0.3 is 9.64 Å². The molecule has 4 nitrogen and oxygen atoms in total. The average molecular weight is 210 g/mol. The molecule has 0 radical (unpaired) electrons. The summed E-state index contributed by atoms with van der Waals surface area (Å²) in [6.45, 7) is 4.83. The zero-order chi connectivity index (χ0) is 11.7. The lowest BCUT2D eigenvalue weighted by molar-refractivity contribution is -0.141. The Labute approximate surface area is 91.1 Å². The van der Waals surface area contributed by atoms with Crippen LogP contribution in [-0.2, 0) is 9.53 Å². The minimum atomic E-state index is -0.290. The van der Waals surface area contributed by atoms with Gasteiger partial charge in [0.2, 0.25) is 0 Å². The SMILES string of the molecule is CCCC(C#N)=CN(CC)CC(=O)OC. The van der Waals surface area contributed by atoms with Crippen LogP contribution in [0.2, 0.25) is 0 Å². The molecule has 0 N–H and O–H groups in total. The van der Waals surface area contributed by atoms with Gasteiger partial charge in [-0.05, 0) is 13.3 Å². The second-order valence-electron chi connectivity index (χ2n) is 3.16. The summed E-state index contributed by atoms with van der Waals surface area (Å²) in [5, 5.41) is 8.83. The summed E-state index contributed by atoms with van der Waals surface area (Å²) < 4.78 is 4.56. The van der Waals surface area contributed by atoms with Crippen LogP contribution in [0.25, 0.3) is 0 Å². The first-order chi connectivity index (χ1) is 7.17. The molecule has 0 fully saturated rings. The number of methoxy groups -OCH3 is 1. The second-order valence-corrected chi connectivity index (χ2v) is 3.16. The lowest BCUT2D eigenvalue weighted by Gasteiger charge is -2.16. The van der Waals surface area contributed by atoms with Gasteiger partial charge in [-0.2, -0.15) is 5.26 Å². The minimum absolute atomic E-state index is 0.196. The van der Waals surface area contributed by atoms with Gasteiger partial charge in [-0.1, -0.05) is 13.3 Å². The predicted octanol–water partition coefficient (Wildman–Crippen LogP) is 1.69. The van der Waals surface area contributed by atoms with E-state index in [4.69, 9.17) is 5.26 Å². The maximum absolute atomic E-state index is 11.0. The van der Waals surface area contributed by atoms with Gasteiger partial charge in [-0.25, -0.2) is 0 Å². The van der Waals surface area contributed by atoms with E-state index in [1.54, 1.807) is 11.1 Å². The predicted molar refractivity (Wildman–Crippen MR) is 57.9 cm³/mol. The van der Waals surface area contributed by atoms with Crippen molar-refractivity contribution in [2.24, 2.45) is 0 Å². The summed E-state index contributed by atoms with van der Waals surface area (Å²) in [5.41, 5.74) is 0.697. The number of nitrogens with zero attached hydrogens (tertiary/aromatic N) is 2. The molecule has 4 heteroatoms. The molecule has 0 aromatic rings. The molecule has 0 saturated heterocycles. The highest BCUT2D eigenvalue weighted by molar-refractivity contribution is 5.71. The third kappa shape index (κ3) is 5.74. The Morgan fingerprint density at radius 2 is 2.20 bits per heavy atom. The molecule has 84 valence electrons. The molecule has 0 atom stereocenters. The van der Waals surface area contributed by atoms with E-state index in [0.29, 0.717) is 12.1 Å². The molecule has 0 aliphatic carbocycles. The number of carbonyl (C=O) groups excluding carboxylic acids is 1. The van der Waals surface area contributed by atoms with E-state index in [2.05, 4.69) is 10.8 Å². The molecule has 0 aliphatic rings. The molecule has 0 aromatic heterocycles. The quantitative estimate of drug-likeness (QED) is 0.494. The Balaban J connectivity index is 4.40. The van der Waals surface area contributed by atoms with Gasteiger partial charge in [0.1, 0.15) is 6.54 Å². The maximum Gasteiger partial charge on any atom is 0.325 e. The number of esters is 1. The molecule has 0 aromatic carbocycles. The van der Waals surface area contributed by atoms with Gasteiger partial charge in [-0.3, -0.25) is 4.79 Å². The van der Waals surface area contributed by atoms with Crippen LogP contribution >= 0.6 is 0 Å². The zero-order valence-corrected chi connectivity index (χ0v) is 9.62. The minimum Gasteiger partial charge on any atom is -0.468 e. The van der Waals surface area contributed by atoms with Crippen LogP contribution < -0.4 is 0 Å². The van der Waals surface area contributed by atoms with Crippen LogP contribution in [0.1, 0.15) is 26.7 Å². The molecule has 0 rings (SSSR count). The number of allylic oxidation sites excluding steroid dienone is 1. The van der Waals surface area contributed by atoms with Crippen molar-refractivity contribution >= 4 is 5.97 Å². The first-order valence-corrected chi connectivity index (χ1v) is 5.09. The van der Waals surface area contributed by atoms with E-state index in [-0.39, 0.29) is 12.5 Å². The largest absolute Gasteiger partial charge is 0.468 e. The number of carbonyl (C=O) groups is 1. The fraction of sp³-hybridized carbons (Fsp3) is 0.636. The number of ether oxygens (including phenoxy) is 1. The van der Waals surface area contributed by atoms with Crippen LogP contribution in [0.3, 0.4) is 0 Å². The van der Waals surface area contributed by atoms with Crippen LogP contribution in [0.15, 0.2) is 11.8 Å². The Bertz CT molecular complexity index is 266. The standard InChI is InChI=1S/C11H18N2O2/c1-4-6-10(7-12)8-13(5-2)9-11(14)15-3/h8H,4-6,9H2,1-3H3. The van der Waals surface area contributed by atoms with Crippen LogP contribution in [0, 0.1) is 11.3 Å². The number of nitriles is 1. The van der Waals surface area contributed by atoms with Crippen molar-refractivity contribution in [3.8, 4) is 6.07 Å². The number of hydrogen-bond acceptors (Lipinski definition) is 4. The number of hydrogen-bond donors (Lipinski definition) is 0. The lowest BCUT2D eigenvalue weighted by atomic mass is 10.2. The van der Waals surface area contributed by atoms with Gasteiger partial charge in [0.05, 0.1) is 13.2 Å². The van der Waals surface area contributed by atoms with Gasteiger partial charge in [0.15, 0.2) is 0 Å². The molecule has 0 spiro atoms. The van der Waals surface area contributed by atoms with Crippen molar-refractivity contribution in [1.82, 2.24) is 4.90 Å². The van der Waals surface area contributed by atoms with Crippen molar-refractivity contribution in [2.75, 3.05) is 20.2 Å². The van der Waals surface area contributed by atoms with E-state index in [9.17, 15) is 4.79 Å². The first kappa shape index (κ1) is 13.5. The normalized spacial score (nSPS) is 10.7. The Kier molecular flexibility index (Phi) is 7.08. The monoisotopic (exact) mass is 210 g/mol. The van der Waals surface area contributed by atoms with Crippen LogP contribution in [0.4, 0.5) is 0 Å². The Hall–Kier alpha value is -1.50. The average Bonchev–Trinajstić information content (AvgIpc) is 2.26. The van der Waals surface area contributed by atoms with E-state index >= 15 is 0 Å². The molecule has 15 heavy (non-hydrogen) atoms. The molecule has 0 aliphatic heterocycles. The number of likely N-dealkylation sites (N-methyl/N-ethyl adjacent to an activating group) is 1. The summed E-state index contributed by atoms with van der Waals surface area (Å²) >= 11 is 0. The lowest BCUT2D eigenvalue weighted by Crippen LogP contribution is -2.26. The zero-order valence-electron chi connectivity index (χ0n) is 9.62. The van der Waals surface area contributed by atoms with Crippen molar-refractivity contribution < 1.29 is 9.53 Å². The first-order valence-electron chi connectivity index (χ1n) is 5.09. The van der Waals surface area contributed by atoms with E-state index in [1.807, 2.05) is 13.8 Å². The highest BCUT2D eigenvalue weighted by Crippen LogP contribution is 2.05. The summed E-state index contributed by atoms with van der Waals surface area (Å²) in [7, 11) is 1.36. The van der Waals surface area contributed by atoms with E-state index in [1.165, 1.54) is 7.11 Å².